The summed E-state index contributed by atoms with van der Waals surface area (Å²) in [5.74, 6) is 1.20. The summed E-state index contributed by atoms with van der Waals surface area (Å²) in [6.07, 6.45) is 5.68. The zero-order valence-corrected chi connectivity index (χ0v) is 12.9. The Morgan fingerprint density at radius 2 is 2.17 bits per heavy atom. The van der Waals surface area contributed by atoms with E-state index >= 15 is 0 Å². The lowest BCUT2D eigenvalue weighted by molar-refractivity contribution is -0.0311. The molecule has 1 fully saturated rings. The van der Waals surface area contributed by atoms with E-state index in [9.17, 15) is 5.11 Å². The Kier molecular flexibility index (Phi) is 3.71. The molecule has 1 atom stereocenters. The van der Waals surface area contributed by atoms with E-state index in [2.05, 4.69) is 9.55 Å². The standard InChI is InChI=1S/C18H19N3O2/c22-14-6-3-5-13(11-14)12-16-20-15-7-4-9-19-18(15)21(16)17-8-1-2-10-23-17/h3-7,9,11,17,22H,1-2,8,10,12H2. The Bertz CT molecular complexity index is 822. The zero-order valence-electron chi connectivity index (χ0n) is 12.9. The first kappa shape index (κ1) is 14.2. The van der Waals surface area contributed by atoms with Crippen molar-refractivity contribution in [3.8, 4) is 5.75 Å². The first-order valence-corrected chi connectivity index (χ1v) is 8.02. The minimum absolute atomic E-state index is 0.00374. The van der Waals surface area contributed by atoms with E-state index < -0.39 is 0 Å². The molecule has 5 nitrogen and oxygen atoms in total. The number of phenols is 1. The van der Waals surface area contributed by atoms with Crippen LogP contribution in [0.1, 0.15) is 36.9 Å². The van der Waals surface area contributed by atoms with Crippen LogP contribution in [0.4, 0.5) is 0 Å². The molecule has 3 heterocycles. The number of aromatic hydroxyl groups is 1. The summed E-state index contributed by atoms with van der Waals surface area (Å²) in [5.41, 5.74) is 2.78. The Morgan fingerprint density at radius 3 is 3.00 bits per heavy atom. The van der Waals surface area contributed by atoms with E-state index in [0.717, 1.165) is 48.4 Å². The molecule has 2 aromatic heterocycles. The predicted molar refractivity (Wildman–Crippen MR) is 87.3 cm³/mol. The first-order valence-electron chi connectivity index (χ1n) is 8.02. The summed E-state index contributed by atoms with van der Waals surface area (Å²) in [5, 5.41) is 9.68. The third-order valence-electron chi connectivity index (χ3n) is 4.24. The highest BCUT2D eigenvalue weighted by Crippen LogP contribution is 2.29. The minimum atomic E-state index is -0.00374. The molecule has 1 saturated heterocycles. The molecule has 0 amide bonds. The van der Waals surface area contributed by atoms with Gasteiger partial charge in [-0.1, -0.05) is 12.1 Å². The molecule has 23 heavy (non-hydrogen) atoms. The average molecular weight is 309 g/mol. The zero-order chi connectivity index (χ0) is 15.6. The average Bonchev–Trinajstić information content (AvgIpc) is 2.93. The van der Waals surface area contributed by atoms with Crippen LogP contribution in [0, 0.1) is 0 Å². The van der Waals surface area contributed by atoms with E-state index in [1.807, 2.05) is 24.3 Å². The molecule has 0 bridgehead atoms. The van der Waals surface area contributed by atoms with Gasteiger partial charge >= 0.3 is 0 Å². The molecule has 5 heteroatoms. The first-order chi connectivity index (χ1) is 11.3. The number of phenolic OH excluding ortho intramolecular Hbond substituents is 1. The predicted octanol–water partition coefficient (Wildman–Crippen LogP) is 3.43. The summed E-state index contributed by atoms with van der Waals surface area (Å²) in [6.45, 7) is 0.780. The molecule has 3 aromatic rings. The molecular weight excluding hydrogens is 290 g/mol. The van der Waals surface area contributed by atoms with Crippen LogP contribution in [0.3, 0.4) is 0 Å². The second-order valence-electron chi connectivity index (χ2n) is 5.91. The van der Waals surface area contributed by atoms with Gasteiger partial charge in [-0.05, 0) is 49.1 Å². The second-order valence-corrected chi connectivity index (χ2v) is 5.91. The highest BCUT2D eigenvalue weighted by molar-refractivity contribution is 5.71. The Labute approximate surface area is 134 Å². The van der Waals surface area contributed by atoms with Gasteiger partial charge in [-0.15, -0.1) is 0 Å². The molecular formula is C18H19N3O2. The number of rotatable bonds is 3. The molecule has 0 radical (unpaired) electrons. The molecule has 1 aliphatic heterocycles. The summed E-state index contributed by atoms with van der Waals surface area (Å²) < 4.78 is 8.09. The highest BCUT2D eigenvalue weighted by Gasteiger charge is 2.22. The molecule has 1 aliphatic rings. The lowest BCUT2D eigenvalue weighted by Crippen LogP contribution is -2.20. The van der Waals surface area contributed by atoms with E-state index in [-0.39, 0.29) is 12.0 Å². The molecule has 0 aliphatic carbocycles. The third-order valence-corrected chi connectivity index (χ3v) is 4.24. The van der Waals surface area contributed by atoms with Gasteiger partial charge in [-0.3, -0.25) is 4.57 Å². The van der Waals surface area contributed by atoms with Gasteiger partial charge in [0, 0.05) is 19.2 Å². The van der Waals surface area contributed by atoms with Gasteiger partial charge in [0.2, 0.25) is 0 Å². The van der Waals surface area contributed by atoms with Crippen LogP contribution < -0.4 is 0 Å². The number of fused-ring (bicyclic) bond motifs is 1. The number of aromatic nitrogens is 3. The topological polar surface area (TPSA) is 60.2 Å². The van der Waals surface area contributed by atoms with Gasteiger partial charge < -0.3 is 9.84 Å². The van der Waals surface area contributed by atoms with Crippen LogP contribution in [0.25, 0.3) is 11.2 Å². The van der Waals surface area contributed by atoms with Crippen molar-refractivity contribution < 1.29 is 9.84 Å². The van der Waals surface area contributed by atoms with Gasteiger partial charge in [0.1, 0.15) is 23.3 Å². The van der Waals surface area contributed by atoms with E-state index in [4.69, 9.17) is 9.72 Å². The largest absolute Gasteiger partial charge is 0.508 e. The summed E-state index contributed by atoms with van der Waals surface area (Å²) in [7, 11) is 0. The van der Waals surface area contributed by atoms with Gasteiger partial charge in [0.05, 0.1) is 0 Å². The van der Waals surface area contributed by atoms with Crippen molar-refractivity contribution in [3.63, 3.8) is 0 Å². The quantitative estimate of drug-likeness (QED) is 0.805. The smallest absolute Gasteiger partial charge is 0.162 e. The second kappa shape index (κ2) is 6.01. The van der Waals surface area contributed by atoms with Crippen molar-refractivity contribution in [2.24, 2.45) is 0 Å². The number of nitrogens with zero attached hydrogens (tertiary/aromatic N) is 3. The number of imidazole rings is 1. The van der Waals surface area contributed by atoms with Crippen molar-refractivity contribution in [2.75, 3.05) is 6.61 Å². The van der Waals surface area contributed by atoms with Gasteiger partial charge in [-0.25, -0.2) is 9.97 Å². The van der Waals surface area contributed by atoms with E-state index in [1.165, 1.54) is 0 Å². The van der Waals surface area contributed by atoms with Crippen LogP contribution >= 0.6 is 0 Å². The molecule has 118 valence electrons. The van der Waals surface area contributed by atoms with Gasteiger partial charge in [0.15, 0.2) is 5.65 Å². The highest BCUT2D eigenvalue weighted by atomic mass is 16.5. The lowest BCUT2D eigenvalue weighted by Gasteiger charge is -2.25. The maximum absolute atomic E-state index is 9.68. The lowest BCUT2D eigenvalue weighted by atomic mass is 10.1. The molecule has 0 saturated carbocycles. The molecule has 0 spiro atoms. The summed E-state index contributed by atoms with van der Waals surface area (Å²) >= 11 is 0. The van der Waals surface area contributed by atoms with Gasteiger partial charge in [0.25, 0.3) is 0 Å². The molecule has 1 N–H and O–H groups in total. The van der Waals surface area contributed by atoms with Crippen molar-refractivity contribution in [1.82, 2.24) is 14.5 Å². The fourth-order valence-electron chi connectivity index (χ4n) is 3.18. The maximum atomic E-state index is 9.68. The monoisotopic (exact) mass is 309 g/mol. The normalized spacial score (nSPS) is 18.3. The SMILES string of the molecule is Oc1cccc(Cc2nc3cccnc3n2C2CCCCO2)c1. The molecule has 4 rings (SSSR count). The number of benzene rings is 1. The summed E-state index contributed by atoms with van der Waals surface area (Å²) in [4.78, 5) is 9.26. The minimum Gasteiger partial charge on any atom is -0.508 e. The van der Waals surface area contributed by atoms with Gasteiger partial charge in [-0.2, -0.15) is 0 Å². The van der Waals surface area contributed by atoms with Crippen LogP contribution in [0.2, 0.25) is 0 Å². The Balaban J connectivity index is 1.78. The van der Waals surface area contributed by atoms with Crippen LogP contribution in [0.5, 0.6) is 5.75 Å². The number of hydrogen-bond acceptors (Lipinski definition) is 4. The van der Waals surface area contributed by atoms with Crippen LogP contribution in [-0.2, 0) is 11.2 Å². The van der Waals surface area contributed by atoms with Crippen molar-refractivity contribution in [1.29, 1.82) is 0 Å². The van der Waals surface area contributed by atoms with Crippen molar-refractivity contribution in [2.45, 2.75) is 31.9 Å². The third kappa shape index (κ3) is 2.80. The number of pyridine rings is 1. The van der Waals surface area contributed by atoms with Crippen LogP contribution in [0.15, 0.2) is 42.6 Å². The Morgan fingerprint density at radius 1 is 1.22 bits per heavy atom. The van der Waals surface area contributed by atoms with Crippen LogP contribution in [-0.4, -0.2) is 26.2 Å². The van der Waals surface area contributed by atoms with Crippen molar-refractivity contribution in [3.05, 3.63) is 54.0 Å². The van der Waals surface area contributed by atoms with E-state index in [1.54, 1.807) is 18.3 Å². The molecule has 1 aromatic carbocycles. The number of ether oxygens (including phenoxy) is 1. The van der Waals surface area contributed by atoms with E-state index in [0.29, 0.717) is 6.42 Å². The fraction of sp³-hybridized carbons (Fsp3) is 0.333. The summed E-state index contributed by atoms with van der Waals surface area (Å²) in [6, 6.07) is 11.2. The fourth-order valence-corrected chi connectivity index (χ4v) is 3.18. The maximum Gasteiger partial charge on any atom is 0.162 e. The Hall–Kier alpha value is -2.40. The van der Waals surface area contributed by atoms with Crippen molar-refractivity contribution >= 4 is 11.2 Å². The number of hydrogen-bond donors (Lipinski definition) is 1. The molecule has 1 unspecified atom stereocenters.